The third kappa shape index (κ3) is 1.83. The quantitative estimate of drug-likeness (QED) is 0.724. The van der Waals surface area contributed by atoms with E-state index >= 15 is 0 Å². The van der Waals surface area contributed by atoms with Crippen LogP contribution in [0, 0.1) is 13.8 Å². The fraction of sp³-hybridized carbons (Fsp3) is 0.182. The van der Waals surface area contributed by atoms with E-state index in [4.69, 9.17) is 0 Å². The maximum Gasteiger partial charge on any atom is 0.124 e. The van der Waals surface area contributed by atoms with Gasteiger partial charge in [-0.05, 0) is 31.0 Å². The highest BCUT2D eigenvalue weighted by Gasteiger charge is 2.03. The highest BCUT2D eigenvalue weighted by atomic mass is 32.1. The second kappa shape index (κ2) is 3.75. The smallest absolute Gasteiger partial charge is 0.124 e. The van der Waals surface area contributed by atoms with Crippen LogP contribution in [0.3, 0.4) is 0 Å². The first-order valence-electron chi connectivity index (χ1n) is 4.39. The van der Waals surface area contributed by atoms with Gasteiger partial charge in [-0.25, -0.2) is 4.98 Å². The molecule has 0 atom stereocenters. The summed E-state index contributed by atoms with van der Waals surface area (Å²) in [6.45, 7) is 4.24. The summed E-state index contributed by atoms with van der Waals surface area (Å²) in [7, 11) is 0. The van der Waals surface area contributed by atoms with Crippen LogP contribution < -0.4 is 0 Å². The Bertz CT molecular complexity index is 460. The second-order valence-corrected chi connectivity index (χ2v) is 4.63. The van der Waals surface area contributed by atoms with Gasteiger partial charge in [0.05, 0.1) is 0 Å². The number of hydrogen-bond acceptors (Lipinski definition) is 3. The molecule has 0 fully saturated rings. The fourth-order valence-electron chi connectivity index (χ4n) is 1.27. The monoisotopic (exact) mass is 221 g/mol. The van der Waals surface area contributed by atoms with E-state index in [2.05, 4.69) is 49.7 Å². The SMILES string of the molecule is Cc1ccc(-c2nc(S)cs2)cc1C. The zero-order valence-corrected chi connectivity index (χ0v) is 9.82. The standard InChI is InChI=1S/C11H11NS2/c1-7-3-4-9(5-8(7)2)11-12-10(13)6-14-11/h3-6,13H,1-2H3. The highest BCUT2D eigenvalue weighted by molar-refractivity contribution is 7.80. The van der Waals surface area contributed by atoms with E-state index in [1.165, 1.54) is 16.7 Å². The molecule has 0 aliphatic carbocycles. The van der Waals surface area contributed by atoms with Crippen LogP contribution in [0.2, 0.25) is 0 Å². The van der Waals surface area contributed by atoms with Gasteiger partial charge in [-0.15, -0.1) is 24.0 Å². The number of hydrogen-bond donors (Lipinski definition) is 1. The first-order valence-corrected chi connectivity index (χ1v) is 5.71. The average Bonchev–Trinajstić information content (AvgIpc) is 2.57. The summed E-state index contributed by atoms with van der Waals surface area (Å²) in [5, 5.41) is 3.79. The van der Waals surface area contributed by atoms with Crippen LogP contribution in [0.4, 0.5) is 0 Å². The van der Waals surface area contributed by atoms with Crippen LogP contribution in [0.25, 0.3) is 10.6 Å². The Hall–Kier alpha value is -0.800. The summed E-state index contributed by atoms with van der Waals surface area (Å²) in [4.78, 5) is 4.33. The second-order valence-electron chi connectivity index (χ2n) is 3.31. The topological polar surface area (TPSA) is 12.9 Å². The Morgan fingerprint density at radius 2 is 2.00 bits per heavy atom. The number of thiazole rings is 1. The molecule has 0 radical (unpaired) electrons. The van der Waals surface area contributed by atoms with Crippen molar-refractivity contribution in [1.82, 2.24) is 4.98 Å². The van der Waals surface area contributed by atoms with Crippen LogP contribution >= 0.6 is 24.0 Å². The van der Waals surface area contributed by atoms with Gasteiger partial charge >= 0.3 is 0 Å². The molecule has 0 N–H and O–H groups in total. The summed E-state index contributed by atoms with van der Waals surface area (Å²) in [6.07, 6.45) is 0. The normalized spacial score (nSPS) is 10.5. The van der Waals surface area contributed by atoms with Gasteiger partial charge in [0.1, 0.15) is 10.0 Å². The van der Waals surface area contributed by atoms with Crippen LogP contribution in [-0.4, -0.2) is 4.98 Å². The Morgan fingerprint density at radius 1 is 1.21 bits per heavy atom. The third-order valence-electron chi connectivity index (χ3n) is 2.25. The predicted octanol–water partition coefficient (Wildman–Crippen LogP) is 3.72. The molecule has 0 spiro atoms. The van der Waals surface area contributed by atoms with Crippen molar-refractivity contribution in [3.8, 4) is 10.6 Å². The Labute approximate surface area is 93.2 Å². The average molecular weight is 221 g/mol. The lowest BCUT2D eigenvalue weighted by atomic mass is 10.1. The van der Waals surface area contributed by atoms with Crippen LogP contribution in [-0.2, 0) is 0 Å². The van der Waals surface area contributed by atoms with Crippen molar-refractivity contribution in [2.75, 3.05) is 0 Å². The van der Waals surface area contributed by atoms with Gasteiger partial charge in [-0.1, -0.05) is 12.1 Å². The number of rotatable bonds is 1. The van der Waals surface area contributed by atoms with E-state index in [-0.39, 0.29) is 0 Å². The zero-order valence-electron chi connectivity index (χ0n) is 8.11. The number of nitrogens with zero attached hydrogens (tertiary/aromatic N) is 1. The minimum atomic E-state index is 0.795. The first kappa shape index (κ1) is 9.74. The van der Waals surface area contributed by atoms with E-state index < -0.39 is 0 Å². The lowest BCUT2D eigenvalue weighted by Crippen LogP contribution is -1.82. The molecule has 1 aromatic heterocycles. The van der Waals surface area contributed by atoms with Gasteiger partial charge in [0.2, 0.25) is 0 Å². The van der Waals surface area contributed by atoms with Crippen LogP contribution in [0.15, 0.2) is 28.6 Å². The molecule has 1 heterocycles. The number of thiol groups is 1. The fourth-order valence-corrected chi connectivity index (χ4v) is 2.28. The summed E-state index contributed by atoms with van der Waals surface area (Å²) >= 11 is 5.83. The maximum atomic E-state index is 4.33. The van der Waals surface area contributed by atoms with Gasteiger partial charge in [0.25, 0.3) is 0 Å². The minimum Gasteiger partial charge on any atom is -0.230 e. The van der Waals surface area contributed by atoms with Crippen molar-refractivity contribution in [3.05, 3.63) is 34.7 Å². The molecule has 0 saturated carbocycles. The van der Waals surface area contributed by atoms with Gasteiger partial charge in [0.15, 0.2) is 0 Å². The Morgan fingerprint density at radius 3 is 2.57 bits per heavy atom. The van der Waals surface area contributed by atoms with E-state index in [1.807, 2.05) is 5.38 Å². The highest BCUT2D eigenvalue weighted by Crippen LogP contribution is 2.26. The van der Waals surface area contributed by atoms with Crippen molar-refractivity contribution in [2.45, 2.75) is 18.9 Å². The zero-order chi connectivity index (χ0) is 10.1. The number of aryl methyl sites for hydroxylation is 2. The molecule has 0 aliphatic heterocycles. The third-order valence-corrected chi connectivity index (χ3v) is 3.54. The number of aromatic nitrogens is 1. The molecule has 72 valence electrons. The van der Waals surface area contributed by atoms with Gasteiger partial charge in [0, 0.05) is 10.9 Å². The lowest BCUT2D eigenvalue weighted by molar-refractivity contribution is 1.21. The maximum absolute atomic E-state index is 4.33. The molecular weight excluding hydrogens is 210 g/mol. The Kier molecular flexibility index (Phi) is 2.61. The molecule has 3 heteroatoms. The van der Waals surface area contributed by atoms with E-state index in [1.54, 1.807) is 11.3 Å². The van der Waals surface area contributed by atoms with Gasteiger partial charge in [-0.2, -0.15) is 0 Å². The molecule has 1 aromatic carbocycles. The molecule has 0 saturated heterocycles. The van der Waals surface area contributed by atoms with Crippen LogP contribution in [0.1, 0.15) is 11.1 Å². The predicted molar refractivity (Wildman–Crippen MR) is 64.3 cm³/mol. The first-order chi connectivity index (χ1) is 6.66. The molecule has 14 heavy (non-hydrogen) atoms. The molecule has 0 unspecified atom stereocenters. The summed E-state index contributed by atoms with van der Waals surface area (Å²) in [5.41, 5.74) is 3.80. The minimum absolute atomic E-state index is 0.795. The van der Waals surface area contributed by atoms with E-state index in [0.717, 1.165) is 10.0 Å². The Balaban J connectivity index is 2.47. The van der Waals surface area contributed by atoms with Crippen molar-refractivity contribution < 1.29 is 0 Å². The molecule has 0 bridgehead atoms. The summed E-state index contributed by atoms with van der Waals surface area (Å²) in [5.74, 6) is 0. The van der Waals surface area contributed by atoms with Crippen LogP contribution in [0.5, 0.6) is 0 Å². The van der Waals surface area contributed by atoms with Gasteiger partial charge in [-0.3, -0.25) is 0 Å². The summed E-state index contributed by atoms with van der Waals surface area (Å²) in [6, 6.07) is 6.40. The van der Waals surface area contributed by atoms with Crippen molar-refractivity contribution in [1.29, 1.82) is 0 Å². The van der Waals surface area contributed by atoms with E-state index in [9.17, 15) is 0 Å². The molecule has 0 amide bonds. The van der Waals surface area contributed by atoms with Crippen molar-refractivity contribution >= 4 is 24.0 Å². The van der Waals surface area contributed by atoms with Gasteiger partial charge < -0.3 is 0 Å². The number of benzene rings is 1. The molecule has 2 rings (SSSR count). The van der Waals surface area contributed by atoms with E-state index in [0.29, 0.717) is 0 Å². The molecular formula is C11H11NS2. The molecule has 0 aliphatic rings. The molecule has 1 nitrogen and oxygen atoms in total. The molecule has 2 aromatic rings. The lowest BCUT2D eigenvalue weighted by Gasteiger charge is -2.01. The summed E-state index contributed by atoms with van der Waals surface area (Å²) < 4.78 is 0. The van der Waals surface area contributed by atoms with Crippen molar-refractivity contribution in [3.63, 3.8) is 0 Å². The largest absolute Gasteiger partial charge is 0.230 e. The van der Waals surface area contributed by atoms with Crippen molar-refractivity contribution in [2.24, 2.45) is 0 Å².